The Morgan fingerprint density at radius 1 is 0.769 bits per heavy atom. The van der Waals surface area contributed by atoms with Crippen molar-refractivity contribution < 1.29 is 0 Å². The summed E-state index contributed by atoms with van der Waals surface area (Å²) < 4.78 is 0. The summed E-state index contributed by atoms with van der Waals surface area (Å²) in [5.41, 5.74) is 11.8. The number of hydrogen-bond acceptors (Lipinski definition) is 2. The molecule has 2 aliphatic rings. The number of nitrogens with two attached hydrogens (primary N) is 2. The lowest BCUT2D eigenvalue weighted by atomic mass is 9.92. The summed E-state index contributed by atoms with van der Waals surface area (Å²) in [7, 11) is 0. The quantitative estimate of drug-likeness (QED) is 0.682. The Labute approximate surface area is 81.1 Å². The van der Waals surface area contributed by atoms with Crippen molar-refractivity contribution >= 4 is 0 Å². The average Bonchev–Trinajstić information content (AvgIpc) is 2.62. The molecule has 0 bridgehead atoms. The third-order valence-corrected chi connectivity index (χ3v) is 3.83. The molecule has 2 fully saturated rings. The molecule has 4 atom stereocenters. The van der Waals surface area contributed by atoms with E-state index >= 15 is 0 Å². The zero-order chi connectivity index (χ0) is 9.26. The molecule has 0 heterocycles. The van der Waals surface area contributed by atoms with Gasteiger partial charge in [0, 0.05) is 12.1 Å². The number of rotatable bonds is 2. The first kappa shape index (κ1) is 9.47. The smallest absolute Gasteiger partial charge is 0.00415 e. The summed E-state index contributed by atoms with van der Waals surface area (Å²) in [6.07, 6.45) is 9.19. The van der Waals surface area contributed by atoms with Crippen LogP contribution in [0.3, 0.4) is 0 Å². The second-order valence-electron chi connectivity index (χ2n) is 5.11. The van der Waals surface area contributed by atoms with E-state index in [0.717, 1.165) is 11.8 Å². The lowest BCUT2D eigenvalue weighted by Gasteiger charge is -2.15. The molecule has 2 rings (SSSR count). The van der Waals surface area contributed by atoms with Crippen LogP contribution in [0.4, 0.5) is 0 Å². The fraction of sp³-hybridized carbons (Fsp3) is 1.00. The SMILES string of the molecule is NC1CCC(CC2CCC(N)C2)C1. The number of hydrogen-bond donors (Lipinski definition) is 2. The molecule has 0 radical (unpaired) electrons. The first-order valence-electron chi connectivity index (χ1n) is 5.75. The molecule has 4 N–H and O–H groups in total. The van der Waals surface area contributed by atoms with E-state index in [1.807, 2.05) is 0 Å². The van der Waals surface area contributed by atoms with Crippen LogP contribution in [0.5, 0.6) is 0 Å². The lowest BCUT2D eigenvalue weighted by Crippen LogP contribution is -2.16. The van der Waals surface area contributed by atoms with Gasteiger partial charge < -0.3 is 11.5 Å². The van der Waals surface area contributed by atoms with Crippen molar-refractivity contribution in [2.24, 2.45) is 23.3 Å². The second kappa shape index (κ2) is 3.97. The minimum Gasteiger partial charge on any atom is -0.328 e. The maximum atomic E-state index is 5.90. The van der Waals surface area contributed by atoms with Crippen LogP contribution in [0.2, 0.25) is 0 Å². The fourth-order valence-corrected chi connectivity index (χ4v) is 3.13. The molecule has 2 aliphatic carbocycles. The molecule has 4 unspecified atom stereocenters. The van der Waals surface area contributed by atoms with Gasteiger partial charge in [-0.1, -0.05) is 0 Å². The Balaban J connectivity index is 1.72. The van der Waals surface area contributed by atoms with Gasteiger partial charge >= 0.3 is 0 Å². The topological polar surface area (TPSA) is 52.0 Å². The molecule has 0 amide bonds. The molecule has 0 aliphatic heterocycles. The maximum Gasteiger partial charge on any atom is 0.00415 e. The maximum absolute atomic E-state index is 5.90. The van der Waals surface area contributed by atoms with E-state index < -0.39 is 0 Å². The molecule has 0 aromatic carbocycles. The van der Waals surface area contributed by atoms with Gasteiger partial charge in [-0.2, -0.15) is 0 Å². The van der Waals surface area contributed by atoms with Crippen LogP contribution in [0.1, 0.15) is 44.9 Å². The van der Waals surface area contributed by atoms with E-state index in [-0.39, 0.29) is 0 Å². The van der Waals surface area contributed by atoms with Crippen molar-refractivity contribution in [1.82, 2.24) is 0 Å². The third-order valence-electron chi connectivity index (χ3n) is 3.83. The Bertz CT molecular complexity index is 151. The largest absolute Gasteiger partial charge is 0.328 e. The van der Waals surface area contributed by atoms with Crippen LogP contribution in [0.15, 0.2) is 0 Å². The van der Waals surface area contributed by atoms with Crippen LogP contribution >= 0.6 is 0 Å². The average molecular weight is 182 g/mol. The standard InChI is InChI=1S/C11H22N2/c12-10-3-1-8(6-10)5-9-2-4-11(13)7-9/h8-11H,1-7,12-13H2. The van der Waals surface area contributed by atoms with Gasteiger partial charge in [-0.15, -0.1) is 0 Å². The molecule has 2 nitrogen and oxygen atoms in total. The minimum absolute atomic E-state index is 0.500. The molecule has 2 saturated carbocycles. The van der Waals surface area contributed by atoms with Gasteiger partial charge in [-0.25, -0.2) is 0 Å². The summed E-state index contributed by atoms with van der Waals surface area (Å²) in [5.74, 6) is 1.84. The van der Waals surface area contributed by atoms with Crippen LogP contribution in [0.25, 0.3) is 0 Å². The highest BCUT2D eigenvalue weighted by Crippen LogP contribution is 2.36. The molecule has 0 spiro atoms. The summed E-state index contributed by atoms with van der Waals surface area (Å²) >= 11 is 0. The summed E-state index contributed by atoms with van der Waals surface area (Å²) in [4.78, 5) is 0. The molecule has 2 heteroatoms. The molecular formula is C11H22N2. The fourth-order valence-electron chi connectivity index (χ4n) is 3.13. The molecule has 76 valence electrons. The van der Waals surface area contributed by atoms with E-state index in [9.17, 15) is 0 Å². The Kier molecular flexibility index (Phi) is 2.89. The van der Waals surface area contributed by atoms with E-state index in [1.165, 1.54) is 44.9 Å². The van der Waals surface area contributed by atoms with Crippen molar-refractivity contribution in [3.05, 3.63) is 0 Å². The predicted octanol–water partition coefficient (Wildman–Crippen LogP) is 1.63. The lowest BCUT2D eigenvalue weighted by molar-refractivity contribution is 0.376. The highest BCUT2D eigenvalue weighted by Gasteiger charge is 2.28. The Hall–Kier alpha value is -0.0800. The highest BCUT2D eigenvalue weighted by molar-refractivity contribution is 4.84. The van der Waals surface area contributed by atoms with Crippen LogP contribution < -0.4 is 11.5 Å². The van der Waals surface area contributed by atoms with Crippen molar-refractivity contribution in [3.63, 3.8) is 0 Å². The van der Waals surface area contributed by atoms with Gasteiger partial charge in [0.2, 0.25) is 0 Å². The Morgan fingerprint density at radius 2 is 1.23 bits per heavy atom. The van der Waals surface area contributed by atoms with Gasteiger partial charge in [0.15, 0.2) is 0 Å². The third kappa shape index (κ3) is 2.44. The van der Waals surface area contributed by atoms with Gasteiger partial charge in [-0.3, -0.25) is 0 Å². The molecular weight excluding hydrogens is 160 g/mol. The van der Waals surface area contributed by atoms with E-state index in [4.69, 9.17) is 11.5 Å². The van der Waals surface area contributed by atoms with Crippen LogP contribution in [0, 0.1) is 11.8 Å². The van der Waals surface area contributed by atoms with Gasteiger partial charge in [0.25, 0.3) is 0 Å². The monoisotopic (exact) mass is 182 g/mol. The predicted molar refractivity (Wildman–Crippen MR) is 55.2 cm³/mol. The summed E-state index contributed by atoms with van der Waals surface area (Å²) in [6.45, 7) is 0. The molecule has 0 saturated heterocycles. The Morgan fingerprint density at radius 3 is 1.54 bits per heavy atom. The van der Waals surface area contributed by atoms with Crippen LogP contribution in [-0.2, 0) is 0 Å². The van der Waals surface area contributed by atoms with Crippen molar-refractivity contribution in [3.8, 4) is 0 Å². The second-order valence-corrected chi connectivity index (χ2v) is 5.11. The van der Waals surface area contributed by atoms with E-state index in [1.54, 1.807) is 0 Å². The van der Waals surface area contributed by atoms with Gasteiger partial charge in [0.1, 0.15) is 0 Å². The van der Waals surface area contributed by atoms with E-state index in [2.05, 4.69) is 0 Å². The molecule has 13 heavy (non-hydrogen) atoms. The zero-order valence-corrected chi connectivity index (χ0v) is 8.41. The minimum atomic E-state index is 0.500. The first-order valence-corrected chi connectivity index (χ1v) is 5.75. The highest BCUT2D eigenvalue weighted by atomic mass is 14.7. The molecule has 0 aromatic rings. The summed E-state index contributed by atoms with van der Waals surface area (Å²) in [6, 6.07) is 1.00. The molecule has 0 aromatic heterocycles. The first-order chi connectivity index (χ1) is 6.24. The van der Waals surface area contributed by atoms with Gasteiger partial charge in [0.05, 0.1) is 0 Å². The van der Waals surface area contributed by atoms with Gasteiger partial charge in [-0.05, 0) is 56.8 Å². The van der Waals surface area contributed by atoms with Crippen molar-refractivity contribution in [2.45, 2.75) is 57.0 Å². The van der Waals surface area contributed by atoms with Crippen molar-refractivity contribution in [2.75, 3.05) is 0 Å². The van der Waals surface area contributed by atoms with Crippen LogP contribution in [-0.4, -0.2) is 12.1 Å². The van der Waals surface area contributed by atoms with Crippen molar-refractivity contribution in [1.29, 1.82) is 0 Å². The van der Waals surface area contributed by atoms with E-state index in [0.29, 0.717) is 12.1 Å². The normalized spacial score (nSPS) is 45.7. The zero-order valence-electron chi connectivity index (χ0n) is 8.41. The summed E-state index contributed by atoms with van der Waals surface area (Å²) in [5, 5.41) is 0.